The number of aromatic nitrogens is 1. The number of carbonyl (C=O) groups excluding carboxylic acids is 1. The fourth-order valence-corrected chi connectivity index (χ4v) is 2.87. The Hall–Kier alpha value is -1.37. The molecular formula is C18H28BrFN2O3. The number of amides is 1. The van der Waals surface area contributed by atoms with Crippen molar-refractivity contribution in [3.8, 4) is 5.75 Å². The number of alkyl carbamates (subject to hydrolysis) is 1. The lowest BCUT2D eigenvalue weighted by molar-refractivity contribution is 0.0407. The Morgan fingerprint density at radius 3 is 2.48 bits per heavy atom. The first-order valence-electron chi connectivity index (χ1n) is 8.29. The molecule has 1 N–H and O–H groups in total. The maximum atomic E-state index is 13.1. The molecule has 1 aromatic heterocycles. The van der Waals surface area contributed by atoms with E-state index in [1.165, 1.54) is 0 Å². The molecule has 5 nitrogen and oxygen atoms in total. The average molecular weight is 419 g/mol. The van der Waals surface area contributed by atoms with E-state index < -0.39 is 23.9 Å². The zero-order valence-electron chi connectivity index (χ0n) is 15.8. The molecule has 0 spiro atoms. The summed E-state index contributed by atoms with van der Waals surface area (Å²) < 4.78 is 24.8. The molecule has 0 aliphatic heterocycles. The lowest BCUT2D eigenvalue weighted by Gasteiger charge is -2.33. The van der Waals surface area contributed by atoms with Gasteiger partial charge < -0.3 is 14.8 Å². The van der Waals surface area contributed by atoms with E-state index in [0.29, 0.717) is 22.7 Å². The molecule has 0 radical (unpaired) electrons. The number of hydrogen-bond acceptors (Lipinski definition) is 4. The monoisotopic (exact) mass is 418 g/mol. The van der Waals surface area contributed by atoms with Crippen molar-refractivity contribution in [2.45, 2.75) is 65.8 Å². The van der Waals surface area contributed by atoms with E-state index in [1.807, 2.05) is 27.7 Å². The van der Waals surface area contributed by atoms with Gasteiger partial charge in [-0.2, -0.15) is 0 Å². The standard InChI is InChI=1S/C18H28BrFN2O3/c1-12(2)9-18(6,22-16(23)25-17(3,4)5)11-24-14-7-8-15(19)21-13(14)10-20/h7-8,12H,9-11H2,1-6H3,(H,22,23). The topological polar surface area (TPSA) is 60.5 Å². The quantitative estimate of drug-likeness (QED) is 0.631. The minimum absolute atomic E-state index is 0.181. The van der Waals surface area contributed by atoms with E-state index >= 15 is 0 Å². The molecule has 0 bridgehead atoms. The Bertz CT molecular complexity index is 590. The van der Waals surface area contributed by atoms with Crippen LogP contribution >= 0.6 is 15.9 Å². The second-order valence-electron chi connectivity index (χ2n) is 7.79. The third-order valence-electron chi connectivity index (χ3n) is 3.23. The molecule has 1 amide bonds. The number of pyridine rings is 1. The summed E-state index contributed by atoms with van der Waals surface area (Å²) >= 11 is 3.21. The van der Waals surface area contributed by atoms with Crippen LogP contribution in [0.4, 0.5) is 9.18 Å². The summed E-state index contributed by atoms with van der Waals surface area (Å²) in [6, 6.07) is 3.35. The molecule has 25 heavy (non-hydrogen) atoms. The molecular weight excluding hydrogens is 391 g/mol. The molecule has 0 saturated heterocycles. The number of carbonyl (C=O) groups is 1. The summed E-state index contributed by atoms with van der Waals surface area (Å²) in [7, 11) is 0. The van der Waals surface area contributed by atoms with Crippen molar-refractivity contribution in [3.05, 3.63) is 22.4 Å². The normalized spacial score (nSPS) is 14.1. The summed E-state index contributed by atoms with van der Waals surface area (Å²) in [4.78, 5) is 16.2. The number of rotatable bonds is 7. The summed E-state index contributed by atoms with van der Waals surface area (Å²) in [5.41, 5.74) is -1.02. The minimum atomic E-state index is -0.727. The molecule has 0 aliphatic carbocycles. The average Bonchev–Trinajstić information content (AvgIpc) is 2.42. The zero-order chi connectivity index (χ0) is 19.3. The van der Waals surface area contributed by atoms with Crippen LogP contribution in [0.1, 0.15) is 53.7 Å². The summed E-state index contributed by atoms with van der Waals surface area (Å²) in [5, 5.41) is 2.89. The minimum Gasteiger partial charge on any atom is -0.489 e. The van der Waals surface area contributed by atoms with Crippen molar-refractivity contribution in [1.29, 1.82) is 0 Å². The second kappa shape index (κ2) is 8.83. The number of hydrogen-bond donors (Lipinski definition) is 1. The molecule has 1 rings (SSSR count). The zero-order valence-corrected chi connectivity index (χ0v) is 17.4. The van der Waals surface area contributed by atoms with Crippen LogP contribution in [0.15, 0.2) is 16.7 Å². The van der Waals surface area contributed by atoms with Crippen LogP contribution in [0, 0.1) is 5.92 Å². The van der Waals surface area contributed by atoms with E-state index in [9.17, 15) is 9.18 Å². The van der Waals surface area contributed by atoms with Gasteiger partial charge in [0.1, 0.15) is 34.9 Å². The molecule has 0 fully saturated rings. The van der Waals surface area contributed by atoms with Crippen molar-refractivity contribution in [3.63, 3.8) is 0 Å². The second-order valence-corrected chi connectivity index (χ2v) is 8.60. The lowest BCUT2D eigenvalue weighted by Crippen LogP contribution is -2.52. The van der Waals surface area contributed by atoms with Gasteiger partial charge in [0.2, 0.25) is 0 Å². The molecule has 7 heteroatoms. The molecule has 0 aromatic carbocycles. The number of nitrogens with zero attached hydrogens (tertiary/aromatic N) is 1. The maximum Gasteiger partial charge on any atom is 0.408 e. The number of alkyl halides is 1. The van der Waals surface area contributed by atoms with Crippen LogP contribution in [0.2, 0.25) is 0 Å². The van der Waals surface area contributed by atoms with Gasteiger partial charge in [0.15, 0.2) is 0 Å². The van der Waals surface area contributed by atoms with Crippen LogP contribution in [-0.4, -0.2) is 28.8 Å². The fraction of sp³-hybridized carbons (Fsp3) is 0.667. The van der Waals surface area contributed by atoms with Crippen molar-refractivity contribution in [1.82, 2.24) is 10.3 Å². The van der Waals surface area contributed by atoms with Gasteiger partial charge >= 0.3 is 6.09 Å². The van der Waals surface area contributed by atoms with Gasteiger partial charge in [-0.05, 0) is 68.1 Å². The molecule has 1 unspecified atom stereocenters. The van der Waals surface area contributed by atoms with Crippen molar-refractivity contribution in [2.24, 2.45) is 5.92 Å². The number of halogens is 2. The van der Waals surface area contributed by atoms with E-state index in [-0.39, 0.29) is 12.3 Å². The fourth-order valence-electron chi connectivity index (χ4n) is 2.52. The van der Waals surface area contributed by atoms with Gasteiger partial charge in [-0.1, -0.05) is 13.8 Å². The first-order valence-corrected chi connectivity index (χ1v) is 9.09. The Labute approximate surface area is 157 Å². The molecule has 142 valence electrons. The molecule has 1 atom stereocenters. The van der Waals surface area contributed by atoms with Gasteiger partial charge in [0, 0.05) is 0 Å². The van der Waals surface area contributed by atoms with E-state index in [4.69, 9.17) is 9.47 Å². The SMILES string of the molecule is CC(C)CC(C)(COc1ccc(Br)nc1CF)NC(=O)OC(C)(C)C. The largest absolute Gasteiger partial charge is 0.489 e. The molecule has 1 heterocycles. The van der Waals surface area contributed by atoms with Crippen molar-refractivity contribution >= 4 is 22.0 Å². The first-order chi connectivity index (χ1) is 11.4. The van der Waals surface area contributed by atoms with Crippen LogP contribution in [0.3, 0.4) is 0 Å². The van der Waals surface area contributed by atoms with Gasteiger partial charge in [0.05, 0.1) is 5.54 Å². The predicted octanol–water partition coefficient (Wildman–Crippen LogP) is 5.02. The maximum absolute atomic E-state index is 13.1. The summed E-state index contributed by atoms with van der Waals surface area (Å²) in [6.45, 7) is 10.9. The third kappa shape index (κ3) is 8.03. The third-order valence-corrected chi connectivity index (χ3v) is 3.67. The summed E-state index contributed by atoms with van der Waals surface area (Å²) in [5.74, 6) is 0.693. The predicted molar refractivity (Wildman–Crippen MR) is 99.5 cm³/mol. The van der Waals surface area contributed by atoms with Gasteiger partial charge in [-0.25, -0.2) is 14.2 Å². The number of nitrogens with one attached hydrogen (secondary N) is 1. The highest BCUT2D eigenvalue weighted by Crippen LogP contribution is 2.24. The highest BCUT2D eigenvalue weighted by Gasteiger charge is 2.31. The number of ether oxygens (including phenoxy) is 2. The van der Waals surface area contributed by atoms with Crippen LogP contribution in [0.25, 0.3) is 0 Å². The summed E-state index contributed by atoms with van der Waals surface area (Å²) in [6.07, 6.45) is 0.181. The van der Waals surface area contributed by atoms with Crippen LogP contribution < -0.4 is 10.1 Å². The highest BCUT2D eigenvalue weighted by molar-refractivity contribution is 9.10. The Morgan fingerprint density at radius 2 is 1.96 bits per heavy atom. The molecule has 0 saturated carbocycles. The molecule has 0 aliphatic rings. The van der Waals surface area contributed by atoms with E-state index in [0.717, 1.165) is 0 Å². The Balaban J connectivity index is 2.86. The van der Waals surface area contributed by atoms with Gasteiger partial charge in [-0.3, -0.25) is 0 Å². The van der Waals surface area contributed by atoms with E-state index in [1.54, 1.807) is 12.1 Å². The van der Waals surface area contributed by atoms with E-state index in [2.05, 4.69) is 40.1 Å². The van der Waals surface area contributed by atoms with Crippen molar-refractivity contribution < 1.29 is 18.7 Å². The van der Waals surface area contributed by atoms with Crippen molar-refractivity contribution in [2.75, 3.05) is 6.61 Å². The van der Waals surface area contributed by atoms with Gasteiger partial charge in [-0.15, -0.1) is 0 Å². The van der Waals surface area contributed by atoms with Crippen LogP contribution in [-0.2, 0) is 11.4 Å². The highest BCUT2D eigenvalue weighted by atomic mass is 79.9. The smallest absolute Gasteiger partial charge is 0.408 e. The van der Waals surface area contributed by atoms with Gasteiger partial charge in [0.25, 0.3) is 0 Å². The Morgan fingerprint density at radius 1 is 1.32 bits per heavy atom. The Kier molecular flexibility index (Phi) is 7.65. The lowest BCUT2D eigenvalue weighted by atomic mass is 9.91. The van der Waals surface area contributed by atoms with Crippen LogP contribution in [0.5, 0.6) is 5.75 Å². The first kappa shape index (κ1) is 21.7. The molecule has 1 aromatic rings.